The van der Waals surface area contributed by atoms with Crippen molar-refractivity contribution < 1.29 is 9.21 Å². The zero-order chi connectivity index (χ0) is 15.6. The molecule has 0 saturated heterocycles. The first-order chi connectivity index (χ1) is 9.86. The highest BCUT2D eigenvalue weighted by Crippen LogP contribution is 2.22. The first-order valence-electron chi connectivity index (χ1n) is 7.20. The second-order valence-electron chi connectivity index (χ2n) is 5.76. The maximum Gasteiger partial charge on any atom is 0.263 e. The molecule has 0 spiro atoms. The van der Waals surface area contributed by atoms with Crippen LogP contribution in [0.1, 0.15) is 58.7 Å². The van der Waals surface area contributed by atoms with Crippen molar-refractivity contribution in [3.63, 3.8) is 0 Å². The van der Waals surface area contributed by atoms with Gasteiger partial charge in [-0.05, 0) is 38.8 Å². The second-order valence-corrected chi connectivity index (χ2v) is 6.85. The fourth-order valence-electron chi connectivity index (χ4n) is 2.12. The van der Waals surface area contributed by atoms with E-state index < -0.39 is 0 Å². The summed E-state index contributed by atoms with van der Waals surface area (Å²) < 4.78 is 5.54. The number of carbonyl (C=O) groups is 1. The lowest BCUT2D eigenvalue weighted by molar-refractivity contribution is 0.0938. The van der Waals surface area contributed by atoms with Crippen LogP contribution in [0.4, 0.5) is 0 Å². The third-order valence-electron chi connectivity index (χ3n) is 3.17. The molecule has 0 aliphatic carbocycles. The van der Waals surface area contributed by atoms with Crippen molar-refractivity contribution in [1.82, 2.24) is 10.3 Å². The molecule has 2 rings (SSSR count). The molecule has 0 aliphatic rings. The number of amides is 1. The minimum atomic E-state index is -0.152. The molecular formula is C16H22N2O2S. The van der Waals surface area contributed by atoms with Crippen LogP contribution in [0, 0.1) is 19.8 Å². The summed E-state index contributed by atoms with van der Waals surface area (Å²) in [5.74, 6) is 2.07. The summed E-state index contributed by atoms with van der Waals surface area (Å²) in [4.78, 5) is 17.6. The first kappa shape index (κ1) is 15.8. The van der Waals surface area contributed by atoms with Crippen LogP contribution in [0.25, 0.3) is 0 Å². The molecular weight excluding hydrogens is 284 g/mol. The number of nitrogens with one attached hydrogen (secondary N) is 1. The lowest BCUT2D eigenvalue weighted by Gasteiger charge is -2.10. The van der Waals surface area contributed by atoms with Crippen LogP contribution in [0.2, 0.25) is 0 Å². The summed E-state index contributed by atoms with van der Waals surface area (Å²) in [6.07, 6.45) is 0.908. The minimum absolute atomic E-state index is 0.0819. The third-order valence-corrected chi connectivity index (χ3v) is 4.34. The summed E-state index contributed by atoms with van der Waals surface area (Å²) >= 11 is 1.48. The molecule has 0 radical (unpaired) electrons. The Morgan fingerprint density at radius 3 is 2.62 bits per heavy atom. The fourth-order valence-corrected chi connectivity index (χ4v) is 3.30. The van der Waals surface area contributed by atoms with Crippen LogP contribution in [0.3, 0.4) is 0 Å². The van der Waals surface area contributed by atoms with E-state index in [9.17, 15) is 4.79 Å². The van der Waals surface area contributed by atoms with E-state index in [0.717, 1.165) is 28.6 Å². The van der Waals surface area contributed by atoms with Gasteiger partial charge in [0.05, 0.1) is 16.7 Å². The Labute approximate surface area is 129 Å². The van der Waals surface area contributed by atoms with E-state index >= 15 is 0 Å². The SMILES string of the molecule is Cc1ccc(C(C)NC(=O)c2sc(CC(C)C)nc2C)o1. The smallest absolute Gasteiger partial charge is 0.263 e. The van der Waals surface area contributed by atoms with E-state index in [1.165, 1.54) is 11.3 Å². The molecule has 1 amide bonds. The highest BCUT2D eigenvalue weighted by molar-refractivity contribution is 7.13. The lowest BCUT2D eigenvalue weighted by Crippen LogP contribution is -2.26. The summed E-state index contributed by atoms with van der Waals surface area (Å²) in [5.41, 5.74) is 0.802. The van der Waals surface area contributed by atoms with Crippen molar-refractivity contribution in [2.24, 2.45) is 5.92 Å². The molecule has 0 aliphatic heterocycles. The molecule has 21 heavy (non-hydrogen) atoms. The predicted octanol–water partition coefficient (Wildman–Crippen LogP) is 4.04. The van der Waals surface area contributed by atoms with Gasteiger partial charge < -0.3 is 9.73 Å². The van der Waals surface area contributed by atoms with Crippen molar-refractivity contribution in [3.05, 3.63) is 39.2 Å². The number of thiazole rings is 1. The molecule has 1 atom stereocenters. The van der Waals surface area contributed by atoms with Gasteiger partial charge in [0.15, 0.2) is 0 Å². The summed E-state index contributed by atoms with van der Waals surface area (Å²) in [6.45, 7) is 10.00. The minimum Gasteiger partial charge on any atom is -0.464 e. The highest BCUT2D eigenvalue weighted by atomic mass is 32.1. The zero-order valence-corrected chi connectivity index (χ0v) is 14.0. The zero-order valence-electron chi connectivity index (χ0n) is 13.2. The van der Waals surface area contributed by atoms with Gasteiger partial charge in [-0.1, -0.05) is 13.8 Å². The summed E-state index contributed by atoms with van der Waals surface area (Å²) in [6, 6.07) is 3.64. The summed E-state index contributed by atoms with van der Waals surface area (Å²) in [7, 11) is 0. The Morgan fingerprint density at radius 2 is 2.05 bits per heavy atom. The van der Waals surface area contributed by atoms with E-state index in [0.29, 0.717) is 10.8 Å². The number of carbonyl (C=O) groups excluding carboxylic acids is 1. The van der Waals surface area contributed by atoms with Crippen molar-refractivity contribution >= 4 is 17.2 Å². The number of hydrogen-bond acceptors (Lipinski definition) is 4. The van der Waals surface area contributed by atoms with Gasteiger partial charge in [0, 0.05) is 6.42 Å². The van der Waals surface area contributed by atoms with Crippen molar-refractivity contribution in [2.75, 3.05) is 0 Å². The predicted molar refractivity (Wildman–Crippen MR) is 84.7 cm³/mol. The Bertz CT molecular complexity index is 628. The average molecular weight is 306 g/mol. The van der Waals surface area contributed by atoms with Crippen LogP contribution in [-0.2, 0) is 6.42 Å². The number of hydrogen-bond donors (Lipinski definition) is 1. The molecule has 0 aromatic carbocycles. The largest absolute Gasteiger partial charge is 0.464 e. The maximum atomic E-state index is 12.4. The van der Waals surface area contributed by atoms with Crippen molar-refractivity contribution in [2.45, 2.75) is 47.1 Å². The van der Waals surface area contributed by atoms with Crippen molar-refractivity contribution in [1.29, 1.82) is 0 Å². The molecule has 4 nitrogen and oxygen atoms in total. The third kappa shape index (κ3) is 3.94. The van der Waals surface area contributed by atoms with Gasteiger partial charge in [0.25, 0.3) is 5.91 Å². The van der Waals surface area contributed by atoms with Gasteiger partial charge in [-0.15, -0.1) is 11.3 Å². The normalized spacial score (nSPS) is 12.7. The molecule has 0 bridgehead atoms. The van der Waals surface area contributed by atoms with E-state index in [1.54, 1.807) is 0 Å². The number of furan rings is 1. The van der Waals surface area contributed by atoms with Gasteiger partial charge in [0.2, 0.25) is 0 Å². The quantitative estimate of drug-likeness (QED) is 0.907. The fraction of sp³-hybridized carbons (Fsp3) is 0.500. The van der Waals surface area contributed by atoms with Crippen LogP contribution in [0.15, 0.2) is 16.5 Å². The number of aryl methyl sites for hydroxylation is 2. The van der Waals surface area contributed by atoms with Crippen LogP contribution in [0.5, 0.6) is 0 Å². The van der Waals surface area contributed by atoms with E-state index in [-0.39, 0.29) is 11.9 Å². The van der Waals surface area contributed by atoms with E-state index in [1.807, 2.05) is 32.9 Å². The standard InChI is InChI=1S/C16H22N2O2S/c1-9(2)8-14-17-12(5)15(21-14)16(19)18-11(4)13-7-6-10(3)20-13/h6-7,9,11H,8H2,1-5H3,(H,18,19). The molecule has 2 heterocycles. The van der Waals surface area contributed by atoms with E-state index in [2.05, 4.69) is 24.1 Å². The van der Waals surface area contributed by atoms with Gasteiger partial charge in [-0.2, -0.15) is 0 Å². The topological polar surface area (TPSA) is 55.1 Å². The molecule has 2 aromatic heterocycles. The van der Waals surface area contributed by atoms with E-state index in [4.69, 9.17) is 4.42 Å². The molecule has 5 heteroatoms. The molecule has 1 N–H and O–H groups in total. The van der Waals surface area contributed by atoms with Gasteiger partial charge in [-0.25, -0.2) is 4.98 Å². The Morgan fingerprint density at radius 1 is 1.33 bits per heavy atom. The van der Waals surface area contributed by atoms with Gasteiger partial charge in [-0.3, -0.25) is 4.79 Å². The van der Waals surface area contributed by atoms with Gasteiger partial charge in [0.1, 0.15) is 16.4 Å². The Hall–Kier alpha value is -1.62. The van der Waals surface area contributed by atoms with Crippen molar-refractivity contribution in [3.8, 4) is 0 Å². The molecule has 2 aromatic rings. The Kier molecular flexibility index (Phi) is 4.83. The number of rotatable bonds is 5. The molecule has 0 fully saturated rings. The second kappa shape index (κ2) is 6.43. The molecule has 0 saturated carbocycles. The maximum absolute atomic E-state index is 12.4. The summed E-state index contributed by atoms with van der Waals surface area (Å²) in [5, 5.41) is 3.99. The van der Waals surface area contributed by atoms with Crippen LogP contribution >= 0.6 is 11.3 Å². The van der Waals surface area contributed by atoms with Gasteiger partial charge >= 0.3 is 0 Å². The lowest BCUT2D eigenvalue weighted by atomic mass is 10.1. The monoisotopic (exact) mass is 306 g/mol. The molecule has 1 unspecified atom stereocenters. The number of aromatic nitrogens is 1. The average Bonchev–Trinajstić information content (AvgIpc) is 2.95. The van der Waals surface area contributed by atoms with Crippen LogP contribution < -0.4 is 5.32 Å². The first-order valence-corrected chi connectivity index (χ1v) is 8.02. The Balaban J connectivity index is 2.08. The number of nitrogens with zero attached hydrogens (tertiary/aromatic N) is 1. The van der Waals surface area contributed by atoms with Crippen LogP contribution in [-0.4, -0.2) is 10.9 Å². The highest BCUT2D eigenvalue weighted by Gasteiger charge is 2.19. The molecule has 114 valence electrons.